The normalized spacial score (nSPS) is 18.9. The molecule has 3 aromatic rings. The van der Waals surface area contributed by atoms with E-state index in [0.717, 1.165) is 54.1 Å². The molecule has 2 N–H and O–H groups in total. The van der Waals surface area contributed by atoms with Gasteiger partial charge in [-0.1, -0.05) is 6.07 Å². The number of benzene rings is 1. The van der Waals surface area contributed by atoms with Crippen LogP contribution in [0.2, 0.25) is 0 Å². The number of thiazole rings is 1. The Balaban J connectivity index is 1.36. The third-order valence-electron chi connectivity index (χ3n) is 8.01. The summed E-state index contributed by atoms with van der Waals surface area (Å²) in [4.78, 5) is 30.6. The van der Waals surface area contributed by atoms with Gasteiger partial charge in [0, 0.05) is 41.4 Å². The number of amides is 1. The predicted molar refractivity (Wildman–Crippen MR) is 179 cm³/mol. The zero-order valence-corrected chi connectivity index (χ0v) is 29.3. The summed E-state index contributed by atoms with van der Waals surface area (Å²) in [6.45, 7) is 12.4. The second-order valence-electron chi connectivity index (χ2n) is 13.8. The highest BCUT2D eigenvalue weighted by atomic mass is 32.2. The molecule has 2 fully saturated rings. The molecule has 13 heteroatoms. The molecule has 0 atom stereocenters. The summed E-state index contributed by atoms with van der Waals surface area (Å²) in [5.41, 5.74) is 1.27. The lowest BCUT2D eigenvalue weighted by molar-refractivity contribution is 0.0509. The number of hydrogen-bond donors (Lipinski definition) is 2. The van der Waals surface area contributed by atoms with E-state index in [1.54, 1.807) is 26.1 Å². The molecule has 250 valence electrons. The number of carbonyl (C=O) groups is 2. The fourth-order valence-electron chi connectivity index (χ4n) is 5.52. The highest BCUT2D eigenvalue weighted by molar-refractivity contribution is 7.92. The van der Waals surface area contributed by atoms with Gasteiger partial charge in [-0.3, -0.25) is 0 Å². The van der Waals surface area contributed by atoms with Gasteiger partial charge in [0.1, 0.15) is 5.60 Å². The minimum absolute atomic E-state index is 0.0700. The summed E-state index contributed by atoms with van der Waals surface area (Å²) >= 11 is 1.52. The molecule has 0 unspecified atom stereocenters. The van der Waals surface area contributed by atoms with E-state index in [2.05, 4.69) is 15.7 Å². The minimum atomic E-state index is -3.67. The van der Waals surface area contributed by atoms with Crippen LogP contribution in [-0.4, -0.2) is 58.4 Å². The quantitative estimate of drug-likeness (QED) is 0.233. The number of anilines is 2. The Morgan fingerprint density at radius 2 is 1.67 bits per heavy atom. The van der Waals surface area contributed by atoms with Gasteiger partial charge in [0.05, 0.1) is 31.8 Å². The standard InChI is InChI=1S/C33H45N5O6S2/c1-19(2)43-31(39)36-23-12-10-22(11-13-23)30-34-18-27(45-30)25-15-14-24(16-28(25)46(41,42)20(3)4)35-29-17-26(21-8-9-21)38(37-29)32(40)44-33(5,6)7/h14-23H,8-13H2,1-7H3,(H,35,37)(H,36,39)/t22-,23-. The fourth-order valence-corrected chi connectivity index (χ4v) is 7.99. The van der Waals surface area contributed by atoms with E-state index in [1.807, 2.05) is 52.8 Å². The first kappa shape index (κ1) is 33.9. The fraction of sp³-hybridized carbons (Fsp3) is 0.576. The van der Waals surface area contributed by atoms with Crippen LogP contribution >= 0.6 is 11.3 Å². The summed E-state index contributed by atoms with van der Waals surface area (Å²) in [7, 11) is -3.67. The Morgan fingerprint density at radius 3 is 2.28 bits per heavy atom. The number of nitrogens with zero attached hydrogens (tertiary/aromatic N) is 3. The van der Waals surface area contributed by atoms with E-state index >= 15 is 0 Å². The highest BCUT2D eigenvalue weighted by Gasteiger charge is 2.33. The zero-order valence-electron chi connectivity index (χ0n) is 27.6. The summed E-state index contributed by atoms with van der Waals surface area (Å²) in [6.07, 6.45) is 6.02. The molecule has 2 aliphatic carbocycles. The van der Waals surface area contributed by atoms with Crippen LogP contribution in [0.3, 0.4) is 0 Å². The van der Waals surface area contributed by atoms with E-state index in [0.29, 0.717) is 17.1 Å². The molecule has 2 aromatic heterocycles. The van der Waals surface area contributed by atoms with Crippen molar-refractivity contribution in [2.45, 2.75) is 127 Å². The molecular weight excluding hydrogens is 627 g/mol. The lowest BCUT2D eigenvalue weighted by Crippen LogP contribution is -2.38. The molecular formula is C33H45N5O6S2. The molecule has 2 aliphatic rings. The number of nitrogens with one attached hydrogen (secondary N) is 2. The van der Waals surface area contributed by atoms with Crippen LogP contribution in [0.5, 0.6) is 0 Å². The molecule has 0 aliphatic heterocycles. The number of alkyl carbamates (subject to hydrolysis) is 1. The van der Waals surface area contributed by atoms with Crippen molar-refractivity contribution in [2.24, 2.45) is 0 Å². The molecule has 11 nitrogen and oxygen atoms in total. The number of aromatic nitrogens is 3. The molecule has 2 saturated carbocycles. The Hall–Kier alpha value is -3.45. The van der Waals surface area contributed by atoms with Crippen LogP contribution < -0.4 is 10.6 Å². The van der Waals surface area contributed by atoms with Crippen molar-refractivity contribution in [3.63, 3.8) is 0 Å². The average Bonchev–Trinajstić information content (AvgIpc) is 3.53. The highest BCUT2D eigenvalue weighted by Crippen LogP contribution is 2.43. The molecule has 0 saturated heterocycles. The molecule has 0 radical (unpaired) electrons. The van der Waals surface area contributed by atoms with Gasteiger partial charge in [0.2, 0.25) is 0 Å². The largest absolute Gasteiger partial charge is 0.447 e. The third kappa shape index (κ3) is 8.09. The van der Waals surface area contributed by atoms with Gasteiger partial charge in [0.25, 0.3) is 0 Å². The van der Waals surface area contributed by atoms with Crippen LogP contribution in [0.25, 0.3) is 10.4 Å². The maximum Gasteiger partial charge on any atom is 0.435 e. The Morgan fingerprint density at radius 1 is 1.00 bits per heavy atom. The minimum Gasteiger partial charge on any atom is -0.447 e. The molecule has 1 aromatic carbocycles. The topological polar surface area (TPSA) is 142 Å². The summed E-state index contributed by atoms with van der Waals surface area (Å²) in [5, 5.41) is 11.0. The lowest BCUT2D eigenvalue weighted by atomic mass is 9.86. The van der Waals surface area contributed by atoms with E-state index < -0.39 is 26.8 Å². The smallest absolute Gasteiger partial charge is 0.435 e. The second-order valence-corrected chi connectivity index (χ2v) is 17.3. The molecule has 46 heavy (non-hydrogen) atoms. The van der Waals surface area contributed by atoms with Gasteiger partial charge in [0.15, 0.2) is 15.7 Å². The number of ether oxygens (including phenoxy) is 2. The molecule has 5 rings (SSSR count). The van der Waals surface area contributed by atoms with Crippen LogP contribution in [-0.2, 0) is 19.3 Å². The first-order valence-electron chi connectivity index (χ1n) is 16.0. The molecule has 0 bridgehead atoms. The average molecular weight is 672 g/mol. The van der Waals surface area contributed by atoms with E-state index in [4.69, 9.17) is 14.5 Å². The van der Waals surface area contributed by atoms with Gasteiger partial charge in [-0.05, 0) is 99.1 Å². The lowest BCUT2D eigenvalue weighted by Gasteiger charge is -2.28. The van der Waals surface area contributed by atoms with Gasteiger partial charge >= 0.3 is 12.2 Å². The molecule has 1 amide bonds. The summed E-state index contributed by atoms with van der Waals surface area (Å²) in [6, 6.07) is 7.17. The number of hydrogen-bond acceptors (Lipinski definition) is 10. The van der Waals surface area contributed by atoms with E-state index in [-0.39, 0.29) is 35.0 Å². The van der Waals surface area contributed by atoms with Crippen molar-refractivity contribution in [3.8, 4) is 10.4 Å². The van der Waals surface area contributed by atoms with Gasteiger partial charge < -0.3 is 20.1 Å². The Kier molecular flexibility index (Phi) is 9.84. The number of carbonyl (C=O) groups excluding carboxylic acids is 2. The maximum atomic E-state index is 13.6. The van der Waals surface area contributed by atoms with Crippen molar-refractivity contribution in [1.82, 2.24) is 20.1 Å². The summed E-state index contributed by atoms with van der Waals surface area (Å²) in [5.74, 6) is 0.920. The molecule has 2 heterocycles. The summed E-state index contributed by atoms with van der Waals surface area (Å²) < 4.78 is 39.4. The first-order valence-corrected chi connectivity index (χ1v) is 18.4. The van der Waals surface area contributed by atoms with Crippen molar-refractivity contribution >= 4 is 44.9 Å². The second kappa shape index (κ2) is 13.3. The predicted octanol–water partition coefficient (Wildman–Crippen LogP) is 7.75. The number of rotatable bonds is 9. The van der Waals surface area contributed by atoms with Gasteiger partial charge in [-0.15, -0.1) is 16.4 Å². The van der Waals surface area contributed by atoms with Crippen LogP contribution in [0.15, 0.2) is 35.4 Å². The van der Waals surface area contributed by atoms with E-state index in [1.165, 1.54) is 16.0 Å². The van der Waals surface area contributed by atoms with E-state index in [9.17, 15) is 18.0 Å². The van der Waals surface area contributed by atoms with Crippen molar-refractivity contribution in [3.05, 3.63) is 41.2 Å². The van der Waals surface area contributed by atoms with Gasteiger partial charge in [-0.2, -0.15) is 4.68 Å². The Labute approximate surface area is 275 Å². The number of sulfone groups is 1. The van der Waals surface area contributed by atoms with Crippen LogP contribution in [0, 0.1) is 0 Å². The third-order valence-corrected chi connectivity index (χ3v) is 11.4. The Bertz CT molecular complexity index is 1680. The monoisotopic (exact) mass is 671 g/mol. The van der Waals surface area contributed by atoms with Crippen LogP contribution in [0.4, 0.5) is 21.1 Å². The maximum absolute atomic E-state index is 13.6. The SMILES string of the molecule is CC(C)OC(=O)N[C@H]1CC[C@H](c2ncc(-c3ccc(Nc4cc(C5CC5)n(C(=O)OC(C)(C)C)n4)cc3S(=O)(=O)C(C)C)s2)CC1. The van der Waals surface area contributed by atoms with Crippen molar-refractivity contribution in [1.29, 1.82) is 0 Å². The molecule has 0 spiro atoms. The van der Waals surface area contributed by atoms with Crippen molar-refractivity contribution in [2.75, 3.05) is 5.32 Å². The zero-order chi connectivity index (χ0) is 33.4. The van der Waals surface area contributed by atoms with Crippen LogP contribution in [0.1, 0.15) is 110 Å². The van der Waals surface area contributed by atoms with Crippen molar-refractivity contribution < 1.29 is 27.5 Å². The van der Waals surface area contributed by atoms with Gasteiger partial charge in [-0.25, -0.2) is 23.0 Å². The first-order chi connectivity index (χ1) is 21.6.